The van der Waals surface area contributed by atoms with Crippen LogP contribution < -0.4 is 16.8 Å². The summed E-state index contributed by atoms with van der Waals surface area (Å²) in [5.41, 5.74) is 12.5. The molecule has 1 aromatic carbocycles. The maximum Gasteiger partial charge on any atom is 0.409 e. The molecule has 2 heterocycles. The standard InChI is InChI=1S/C23H31FN6O3/c1-3-23(26)13-29(21(32)33-14-22(2)9-10-22)11-8-18(23)30-12-17(19(25)31)20(28-30)27-16-6-4-15(24)5-7-16/h4-7,12,18H,3,8-11,13-14,26H2,1-2H3,(H2,25,31)(H,27,28). The molecule has 2 aliphatic rings. The summed E-state index contributed by atoms with van der Waals surface area (Å²) in [6.45, 7) is 5.28. The number of likely N-dealkylation sites (tertiary alicyclic amines) is 1. The van der Waals surface area contributed by atoms with Gasteiger partial charge in [-0.05, 0) is 49.9 Å². The molecule has 2 unspecified atom stereocenters. The first kappa shape index (κ1) is 23.0. The van der Waals surface area contributed by atoms with Crippen LogP contribution in [0.1, 0.15) is 55.9 Å². The zero-order chi connectivity index (χ0) is 23.8. The minimum Gasteiger partial charge on any atom is -0.449 e. The average molecular weight is 459 g/mol. The number of hydrogen-bond acceptors (Lipinski definition) is 6. The van der Waals surface area contributed by atoms with Gasteiger partial charge in [0, 0.05) is 30.4 Å². The lowest BCUT2D eigenvalue weighted by molar-refractivity contribution is 0.0473. The Balaban J connectivity index is 1.52. The van der Waals surface area contributed by atoms with Crippen molar-refractivity contribution in [1.29, 1.82) is 0 Å². The Hall–Kier alpha value is -3.14. The molecule has 10 heteroatoms. The van der Waals surface area contributed by atoms with Crippen LogP contribution in [0.2, 0.25) is 0 Å². The highest BCUT2D eigenvalue weighted by molar-refractivity contribution is 5.98. The van der Waals surface area contributed by atoms with E-state index >= 15 is 0 Å². The highest BCUT2D eigenvalue weighted by Gasteiger charge is 2.44. The molecule has 5 N–H and O–H groups in total. The van der Waals surface area contributed by atoms with Gasteiger partial charge in [-0.3, -0.25) is 9.48 Å². The molecule has 1 saturated heterocycles. The second-order valence-electron chi connectivity index (χ2n) is 9.55. The lowest BCUT2D eigenvalue weighted by atomic mass is 9.82. The van der Waals surface area contributed by atoms with E-state index in [4.69, 9.17) is 16.2 Å². The van der Waals surface area contributed by atoms with Crippen LogP contribution in [0.4, 0.5) is 20.7 Å². The molecule has 0 bridgehead atoms. The van der Waals surface area contributed by atoms with Gasteiger partial charge in [0.1, 0.15) is 11.4 Å². The first-order chi connectivity index (χ1) is 15.6. The lowest BCUT2D eigenvalue weighted by Gasteiger charge is -2.45. The van der Waals surface area contributed by atoms with Crippen LogP contribution in [-0.2, 0) is 4.74 Å². The quantitative estimate of drug-likeness (QED) is 0.585. The smallest absolute Gasteiger partial charge is 0.409 e. The van der Waals surface area contributed by atoms with Gasteiger partial charge >= 0.3 is 6.09 Å². The average Bonchev–Trinajstić information content (AvgIpc) is 3.38. The molecule has 1 aliphatic heterocycles. The lowest BCUT2D eigenvalue weighted by Crippen LogP contribution is -2.61. The van der Waals surface area contributed by atoms with E-state index in [-0.39, 0.29) is 34.7 Å². The number of hydrogen-bond donors (Lipinski definition) is 3. The SMILES string of the molecule is CCC1(N)CN(C(=O)OCC2(C)CC2)CCC1n1cc(C(N)=O)c(Nc2ccc(F)cc2)n1. The second kappa shape index (κ2) is 8.66. The number of benzene rings is 1. The van der Waals surface area contributed by atoms with Crippen LogP contribution >= 0.6 is 0 Å². The normalized spacial score (nSPS) is 23.8. The number of amides is 2. The number of piperidine rings is 1. The van der Waals surface area contributed by atoms with Crippen LogP contribution in [0.15, 0.2) is 30.5 Å². The number of anilines is 2. The largest absolute Gasteiger partial charge is 0.449 e. The zero-order valence-electron chi connectivity index (χ0n) is 19.0. The maximum absolute atomic E-state index is 13.2. The number of nitrogens with one attached hydrogen (secondary N) is 1. The van der Waals surface area contributed by atoms with Crippen molar-refractivity contribution in [2.24, 2.45) is 16.9 Å². The highest BCUT2D eigenvalue weighted by Crippen LogP contribution is 2.45. The van der Waals surface area contributed by atoms with Crippen LogP contribution in [0.5, 0.6) is 0 Å². The molecular weight excluding hydrogens is 427 g/mol. The van der Waals surface area contributed by atoms with Gasteiger partial charge in [-0.25, -0.2) is 9.18 Å². The van der Waals surface area contributed by atoms with E-state index in [2.05, 4.69) is 17.3 Å². The van der Waals surface area contributed by atoms with Gasteiger partial charge in [-0.15, -0.1) is 0 Å². The third kappa shape index (κ3) is 4.95. The van der Waals surface area contributed by atoms with Crippen molar-refractivity contribution in [3.63, 3.8) is 0 Å². The van der Waals surface area contributed by atoms with Crippen molar-refractivity contribution in [2.45, 2.75) is 51.1 Å². The molecular formula is C23H31FN6O3. The van der Waals surface area contributed by atoms with Crippen LogP contribution in [0, 0.1) is 11.2 Å². The number of rotatable bonds is 7. The van der Waals surface area contributed by atoms with Gasteiger partial charge in [0.25, 0.3) is 5.91 Å². The van der Waals surface area contributed by atoms with Gasteiger partial charge in [0.2, 0.25) is 0 Å². The Morgan fingerprint density at radius 3 is 2.61 bits per heavy atom. The van der Waals surface area contributed by atoms with Crippen LogP contribution in [-0.4, -0.2) is 51.9 Å². The van der Waals surface area contributed by atoms with Gasteiger partial charge in [0.05, 0.1) is 18.2 Å². The van der Waals surface area contributed by atoms with Crippen molar-refractivity contribution >= 4 is 23.5 Å². The molecule has 0 spiro atoms. The van der Waals surface area contributed by atoms with Crippen molar-refractivity contribution in [3.8, 4) is 0 Å². The molecule has 178 valence electrons. The number of halogens is 1. The van der Waals surface area contributed by atoms with Crippen molar-refractivity contribution < 1.29 is 18.7 Å². The van der Waals surface area contributed by atoms with E-state index < -0.39 is 11.4 Å². The highest BCUT2D eigenvalue weighted by atomic mass is 19.1. The van der Waals surface area contributed by atoms with Gasteiger partial charge in [0.15, 0.2) is 5.82 Å². The molecule has 4 rings (SSSR count). The maximum atomic E-state index is 13.2. The minimum atomic E-state index is -0.769. The van der Waals surface area contributed by atoms with E-state index in [9.17, 15) is 14.0 Å². The third-order valence-electron chi connectivity index (χ3n) is 6.81. The summed E-state index contributed by atoms with van der Waals surface area (Å²) in [6, 6.07) is 5.46. The Bertz CT molecular complexity index is 1040. The molecule has 2 amide bonds. The molecule has 9 nitrogen and oxygen atoms in total. The van der Waals surface area contributed by atoms with E-state index in [0.29, 0.717) is 38.2 Å². The number of primary amides is 1. The summed E-state index contributed by atoms with van der Waals surface area (Å²) in [7, 11) is 0. The number of aromatic nitrogens is 2. The van der Waals surface area contributed by atoms with E-state index in [1.165, 1.54) is 12.1 Å². The number of nitrogens with zero attached hydrogens (tertiary/aromatic N) is 3. The summed E-state index contributed by atoms with van der Waals surface area (Å²) >= 11 is 0. The van der Waals surface area contributed by atoms with Crippen molar-refractivity contribution in [3.05, 3.63) is 41.8 Å². The topological polar surface area (TPSA) is 128 Å². The Labute approximate surface area is 192 Å². The van der Waals surface area contributed by atoms with Crippen molar-refractivity contribution in [2.75, 3.05) is 25.0 Å². The fourth-order valence-electron chi connectivity index (χ4n) is 4.18. The third-order valence-corrected chi connectivity index (χ3v) is 6.81. The summed E-state index contributed by atoms with van der Waals surface area (Å²) in [5, 5.41) is 7.58. The Kier molecular flexibility index (Phi) is 6.04. The Morgan fingerprint density at radius 1 is 1.30 bits per heavy atom. The first-order valence-corrected chi connectivity index (χ1v) is 11.2. The summed E-state index contributed by atoms with van der Waals surface area (Å²) in [6.07, 6.45) is 4.53. The number of carbonyl (C=O) groups excluding carboxylic acids is 2. The van der Waals surface area contributed by atoms with Crippen LogP contribution in [0.25, 0.3) is 0 Å². The van der Waals surface area contributed by atoms with Gasteiger partial charge in [-0.1, -0.05) is 13.8 Å². The summed E-state index contributed by atoms with van der Waals surface area (Å²) in [5.74, 6) is -0.736. The fraction of sp³-hybridized carbons (Fsp3) is 0.522. The Morgan fingerprint density at radius 2 is 2.00 bits per heavy atom. The van der Waals surface area contributed by atoms with Crippen molar-refractivity contribution in [1.82, 2.24) is 14.7 Å². The van der Waals surface area contributed by atoms with E-state index in [1.54, 1.807) is 27.9 Å². The van der Waals surface area contributed by atoms with E-state index in [1.807, 2.05) is 6.92 Å². The summed E-state index contributed by atoms with van der Waals surface area (Å²) in [4.78, 5) is 26.3. The molecule has 33 heavy (non-hydrogen) atoms. The molecule has 1 aliphatic carbocycles. The first-order valence-electron chi connectivity index (χ1n) is 11.2. The zero-order valence-corrected chi connectivity index (χ0v) is 19.0. The molecule has 2 aromatic rings. The molecule has 1 saturated carbocycles. The summed E-state index contributed by atoms with van der Waals surface area (Å²) < 4.78 is 20.4. The monoisotopic (exact) mass is 458 g/mol. The molecule has 2 atom stereocenters. The van der Waals surface area contributed by atoms with Gasteiger partial charge < -0.3 is 26.4 Å². The second-order valence-corrected chi connectivity index (χ2v) is 9.55. The fourth-order valence-corrected chi connectivity index (χ4v) is 4.18. The van der Waals surface area contributed by atoms with Crippen LogP contribution in [0.3, 0.4) is 0 Å². The van der Waals surface area contributed by atoms with E-state index in [0.717, 1.165) is 12.8 Å². The predicted molar refractivity (Wildman–Crippen MR) is 122 cm³/mol. The minimum absolute atomic E-state index is 0.118. The molecule has 1 aromatic heterocycles. The molecule has 2 fully saturated rings. The number of carbonyl (C=O) groups is 2. The molecule has 0 radical (unpaired) electrons. The number of nitrogens with two attached hydrogens (primary N) is 2. The number of ether oxygens (including phenoxy) is 1. The predicted octanol–water partition coefficient (Wildman–Crippen LogP) is 3.16. The van der Waals surface area contributed by atoms with Gasteiger partial charge in [-0.2, -0.15) is 5.10 Å².